The predicted octanol–water partition coefficient (Wildman–Crippen LogP) is 2.72. The highest BCUT2D eigenvalue weighted by molar-refractivity contribution is 5.97. The molecule has 0 saturated heterocycles. The van der Waals surface area contributed by atoms with Gasteiger partial charge in [0.2, 0.25) is 0 Å². The van der Waals surface area contributed by atoms with Crippen molar-refractivity contribution in [2.45, 2.75) is 12.5 Å². The van der Waals surface area contributed by atoms with Gasteiger partial charge in [-0.25, -0.2) is 0 Å². The summed E-state index contributed by atoms with van der Waals surface area (Å²) in [4.78, 5) is 15.9. The number of methoxy groups -OCH3 is 2. The molecule has 1 atom stereocenters. The molecule has 3 rings (SSSR count). The fourth-order valence-corrected chi connectivity index (χ4v) is 2.47. The van der Waals surface area contributed by atoms with Crippen molar-refractivity contribution in [2.24, 2.45) is 5.73 Å². The van der Waals surface area contributed by atoms with E-state index in [9.17, 15) is 4.79 Å². The Hall–Kier alpha value is -3.06. The molecule has 1 aliphatic carbocycles. The molecule has 1 unspecified atom stereocenters. The summed E-state index contributed by atoms with van der Waals surface area (Å²) in [5, 5.41) is 3.04. The van der Waals surface area contributed by atoms with Crippen LogP contribution in [0.3, 0.4) is 0 Å². The van der Waals surface area contributed by atoms with Crippen LogP contribution in [0.1, 0.15) is 16.9 Å². The van der Waals surface area contributed by atoms with Gasteiger partial charge in [-0.2, -0.15) is 4.98 Å². The second-order valence-electron chi connectivity index (χ2n) is 5.44. The van der Waals surface area contributed by atoms with E-state index < -0.39 is 5.91 Å². The minimum atomic E-state index is -0.657. The van der Waals surface area contributed by atoms with Crippen LogP contribution >= 0.6 is 0 Å². The van der Waals surface area contributed by atoms with Gasteiger partial charge in [-0.05, 0) is 36.8 Å². The Bertz CT molecular complexity index is 821. The van der Waals surface area contributed by atoms with Gasteiger partial charge in [-0.3, -0.25) is 4.79 Å². The molecule has 7 nitrogen and oxygen atoms in total. The summed E-state index contributed by atoms with van der Waals surface area (Å²) in [6, 6.07) is 7.29. The van der Waals surface area contributed by atoms with E-state index >= 15 is 0 Å². The maximum atomic E-state index is 11.7. The number of carbonyl (C=O) groups is 1. The molecule has 0 bridgehead atoms. The van der Waals surface area contributed by atoms with E-state index in [1.165, 1.54) is 0 Å². The Morgan fingerprint density at radius 1 is 1.32 bits per heavy atom. The molecule has 0 saturated carbocycles. The van der Waals surface area contributed by atoms with Crippen LogP contribution in [0.4, 0.5) is 6.01 Å². The average Bonchev–Trinajstić information content (AvgIpc) is 3.06. The van der Waals surface area contributed by atoms with Crippen molar-refractivity contribution in [2.75, 3.05) is 19.5 Å². The van der Waals surface area contributed by atoms with Crippen LogP contribution in [0.25, 0.3) is 11.3 Å². The third kappa shape index (κ3) is 3.72. The molecule has 25 heavy (non-hydrogen) atoms. The van der Waals surface area contributed by atoms with E-state index in [0.717, 1.165) is 12.1 Å². The van der Waals surface area contributed by atoms with Crippen LogP contribution < -0.4 is 15.8 Å². The Labute approximate surface area is 145 Å². The summed E-state index contributed by atoms with van der Waals surface area (Å²) in [7, 11) is 3.25. The first-order chi connectivity index (χ1) is 12.1. The number of ether oxygens (including phenoxy) is 2. The minimum absolute atomic E-state index is 0.0613. The van der Waals surface area contributed by atoms with Crippen molar-refractivity contribution in [1.29, 1.82) is 0 Å². The lowest BCUT2D eigenvalue weighted by atomic mass is 10.1. The monoisotopic (exact) mass is 341 g/mol. The number of anilines is 1. The number of rotatable bonds is 6. The Morgan fingerprint density at radius 2 is 2.08 bits per heavy atom. The third-order valence-corrected chi connectivity index (χ3v) is 3.83. The first-order valence-electron chi connectivity index (χ1n) is 7.74. The van der Waals surface area contributed by atoms with Crippen molar-refractivity contribution in [1.82, 2.24) is 4.98 Å². The number of primary amides is 1. The van der Waals surface area contributed by atoms with Crippen LogP contribution in [0, 0.1) is 0 Å². The van der Waals surface area contributed by atoms with Crippen LogP contribution in [-0.4, -0.2) is 31.2 Å². The SMILES string of the molecule is COc1ccc(-c2oc(NC3=CCC(OC)C=C3)nc2C(N)=O)cc1. The quantitative estimate of drug-likeness (QED) is 0.838. The maximum absolute atomic E-state index is 11.7. The van der Waals surface area contributed by atoms with E-state index in [1.807, 2.05) is 18.2 Å². The van der Waals surface area contributed by atoms with Crippen LogP contribution in [0.2, 0.25) is 0 Å². The van der Waals surface area contributed by atoms with E-state index in [-0.39, 0.29) is 17.8 Å². The summed E-state index contributed by atoms with van der Waals surface area (Å²) in [6.07, 6.45) is 6.58. The number of nitrogens with zero attached hydrogens (tertiary/aromatic N) is 1. The molecule has 130 valence electrons. The molecule has 1 heterocycles. The van der Waals surface area contributed by atoms with Crippen molar-refractivity contribution >= 4 is 11.9 Å². The molecule has 3 N–H and O–H groups in total. The van der Waals surface area contributed by atoms with Crippen LogP contribution in [0.5, 0.6) is 5.75 Å². The highest BCUT2D eigenvalue weighted by Crippen LogP contribution is 2.29. The highest BCUT2D eigenvalue weighted by atomic mass is 16.5. The molecule has 0 fully saturated rings. The number of aromatic nitrogens is 1. The summed E-state index contributed by atoms with van der Waals surface area (Å²) in [6.45, 7) is 0. The number of nitrogens with two attached hydrogens (primary N) is 1. The number of carbonyl (C=O) groups excluding carboxylic acids is 1. The van der Waals surface area contributed by atoms with Crippen LogP contribution in [0.15, 0.2) is 52.6 Å². The normalized spacial score (nSPS) is 16.4. The summed E-state index contributed by atoms with van der Waals surface area (Å²) in [5.74, 6) is 0.357. The molecular weight excluding hydrogens is 322 g/mol. The minimum Gasteiger partial charge on any atom is -0.497 e. The number of amides is 1. The van der Waals surface area contributed by atoms with E-state index in [4.69, 9.17) is 19.6 Å². The summed E-state index contributed by atoms with van der Waals surface area (Å²) >= 11 is 0. The largest absolute Gasteiger partial charge is 0.497 e. The van der Waals surface area contributed by atoms with Gasteiger partial charge < -0.3 is 24.9 Å². The Balaban J connectivity index is 1.86. The molecule has 1 aliphatic rings. The number of oxazole rings is 1. The number of hydrogen-bond acceptors (Lipinski definition) is 6. The lowest BCUT2D eigenvalue weighted by molar-refractivity contribution is 0.0996. The van der Waals surface area contributed by atoms with E-state index in [1.54, 1.807) is 38.5 Å². The Morgan fingerprint density at radius 3 is 2.64 bits per heavy atom. The zero-order valence-electron chi connectivity index (χ0n) is 14.0. The highest BCUT2D eigenvalue weighted by Gasteiger charge is 2.20. The predicted molar refractivity (Wildman–Crippen MR) is 93.3 cm³/mol. The molecule has 1 aromatic heterocycles. The van der Waals surface area contributed by atoms with Gasteiger partial charge in [0.25, 0.3) is 11.9 Å². The smallest absolute Gasteiger partial charge is 0.300 e. The average molecular weight is 341 g/mol. The second kappa shape index (κ2) is 7.23. The Kier molecular flexibility index (Phi) is 4.85. The first kappa shape index (κ1) is 16.8. The van der Waals surface area contributed by atoms with Gasteiger partial charge in [0.05, 0.1) is 13.2 Å². The van der Waals surface area contributed by atoms with Gasteiger partial charge in [0, 0.05) is 18.4 Å². The number of nitrogens with one attached hydrogen (secondary N) is 1. The molecular formula is C18H19N3O4. The van der Waals surface area contributed by atoms with Gasteiger partial charge >= 0.3 is 0 Å². The number of benzene rings is 1. The first-order valence-corrected chi connectivity index (χ1v) is 7.74. The number of hydrogen-bond donors (Lipinski definition) is 2. The van der Waals surface area contributed by atoms with Crippen molar-refractivity contribution in [3.05, 3.63) is 53.9 Å². The fraction of sp³-hybridized carbons (Fsp3) is 0.222. The van der Waals surface area contributed by atoms with E-state index in [0.29, 0.717) is 17.1 Å². The molecule has 1 aromatic carbocycles. The van der Waals surface area contributed by atoms with Gasteiger partial charge in [-0.15, -0.1) is 0 Å². The standard InChI is InChI=1S/C18H19N3O4/c1-23-13-7-3-11(4-8-13)16-15(17(19)22)21-18(25-16)20-12-5-9-14(24-2)10-6-12/h3-9,14H,10H2,1-2H3,(H2,19,22)(H,20,21). The zero-order chi connectivity index (χ0) is 17.8. The molecule has 2 aromatic rings. The lowest BCUT2D eigenvalue weighted by Crippen LogP contribution is -2.13. The maximum Gasteiger partial charge on any atom is 0.300 e. The molecule has 7 heteroatoms. The molecule has 0 spiro atoms. The fourth-order valence-electron chi connectivity index (χ4n) is 2.47. The van der Waals surface area contributed by atoms with Gasteiger partial charge in [-0.1, -0.05) is 12.2 Å². The van der Waals surface area contributed by atoms with Gasteiger partial charge in [0.1, 0.15) is 5.75 Å². The summed E-state index contributed by atoms with van der Waals surface area (Å²) < 4.78 is 16.1. The molecule has 0 aliphatic heterocycles. The zero-order valence-corrected chi connectivity index (χ0v) is 14.0. The lowest BCUT2D eigenvalue weighted by Gasteiger charge is -2.14. The van der Waals surface area contributed by atoms with Crippen LogP contribution in [-0.2, 0) is 4.74 Å². The topological polar surface area (TPSA) is 99.6 Å². The summed E-state index contributed by atoms with van der Waals surface area (Å²) in [5.41, 5.74) is 7.00. The van der Waals surface area contributed by atoms with Crippen molar-refractivity contribution < 1.29 is 18.7 Å². The van der Waals surface area contributed by atoms with Crippen molar-refractivity contribution in [3.8, 4) is 17.1 Å². The molecule has 0 radical (unpaired) electrons. The third-order valence-electron chi connectivity index (χ3n) is 3.83. The van der Waals surface area contributed by atoms with E-state index in [2.05, 4.69) is 10.3 Å². The van der Waals surface area contributed by atoms with Crippen molar-refractivity contribution in [3.63, 3.8) is 0 Å². The molecule has 1 amide bonds. The number of allylic oxidation sites excluding steroid dienone is 1. The second-order valence-corrected chi connectivity index (χ2v) is 5.44. The van der Waals surface area contributed by atoms with Gasteiger partial charge in [0.15, 0.2) is 11.5 Å².